The highest BCUT2D eigenvalue weighted by Gasteiger charge is 2.63. The minimum atomic E-state index is -4.91. The van der Waals surface area contributed by atoms with Crippen LogP contribution in [0.1, 0.15) is 0 Å². The molecule has 5 nitrogen and oxygen atoms in total. The number of rotatable bonds is 0. The molecule has 2 aliphatic rings. The second kappa shape index (κ2) is 2.61. The number of fused-ring (bicyclic) bond motifs is 1. The van der Waals surface area contributed by atoms with Gasteiger partial charge in [-0.05, 0) is 0 Å². The molecule has 0 fully saturated rings. The third-order valence-corrected chi connectivity index (χ3v) is 1.87. The van der Waals surface area contributed by atoms with Crippen molar-refractivity contribution in [1.82, 2.24) is 0 Å². The first-order valence-electron chi connectivity index (χ1n) is 3.65. The number of aliphatic imine (C=N–C) groups is 4. The van der Waals surface area contributed by atoms with Crippen molar-refractivity contribution in [2.75, 3.05) is 0 Å². The van der Waals surface area contributed by atoms with Crippen LogP contribution >= 0.6 is 0 Å². The molecule has 0 aromatic rings. The molecule has 2 heterocycles. The summed E-state index contributed by atoms with van der Waals surface area (Å²) < 4.78 is 50.7. The minimum Gasteiger partial charge on any atom is -0.382 e. The van der Waals surface area contributed by atoms with Crippen LogP contribution in [0, 0.1) is 0 Å². The van der Waals surface area contributed by atoms with Crippen molar-refractivity contribution >= 4 is 24.0 Å². The lowest BCUT2D eigenvalue weighted by molar-refractivity contribution is -0.161. The second-order valence-corrected chi connectivity index (χ2v) is 2.77. The monoisotopic (exact) mass is 221 g/mol. The minimum absolute atomic E-state index is 0.632. The van der Waals surface area contributed by atoms with Crippen LogP contribution in [0.2, 0.25) is 0 Å². The Bertz CT molecular complexity index is 431. The van der Waals surface area contributed by atoms with E-state index in [2.05, 4.69) is 20.0 Å². The molecule has 0 radical (unpaired) electrons. The van der Waals surface area contributed by atoms with Gasteiger partial charge in [-0.2, -0.15) is 27.5 Å². The van der Waals surface area contributed by atoms with Gasteiger partial charge in [0.15, 0.2) is 5.84 Å². The van der Waals surface area contributed by atoms with Gasteiger partial charge in [0, 0.05) is 0 Å². The average molecular weight is 221 g/mol. The summed E-state index contributed by atoms with van der Waals surface area (Å²) in [7, 11) is 0. The van der Waals surface area contributed by atoms with Crippen LogP contribution in [0.5, 0.6) is 0 Å². The van der Waals surface area contributed by atoms with E-state index in [1.807, 2.05) is 0 Å². The van der Waals surface area contributed by atoms with Crippen molar-refractivity contribution in [3.8, 4) is 0 Å². The summed E-state index contributed by atoms with van der Waals surface area (Å²) in [6.07, 6.45) is -5.84. The van der Waals surface area contributed by atoms with Crippen LogP contribution in [0.4, 0.5) is 17.6 Å². The Hall–Kier alpha value is -1.80. The van der Waals surface area contributed by atoms with E-state index in [4.69, 9.17) is 5.73 Å². The SMILES string of the molecule is NC1=NC(F)=NC2(C(F)(F)F)N=CN=C12. The average Bonchev–Trinajstić information content (AvgIpc) is 2.47. The van der Waals surface area contributed by atoms with Gasteiger partial charge in [0.2, 0.25) is 0 Å². The fourth-order valence-corrected chi connectivity index (χ4v) is 1.23. The predicted octanol–water partition coefficient (Wildman–Crippen LogP) is 0.424. The molecule has 0 aromatic heterocycles. The number of nitrogens with zero attached hydrogens (tertiary/aromatic N) is 4. The molecule has 15 heavy (non-hydrogen) atoms. The molecule has 0 spiro atoms. The standard InChI is InChI=1S/C6H3F4N5/c7-4-14-3(11)2-5(15-4,6(8,9)10)13-1-12-2/h1H,(H2,11,14,15). The van der Waals surface area contributed by atoms with E-state index in [0.717, 1.165) is 0 Å². The highest BCUT2D eigenvalue weighted by atomic mass is 19.4. The van der Waals surface area contributed by atoms with E-state index in [0.29, 0.717) is 6.34 Å². The van der Waals surface area contributed by atoms with Gasteiger partial charge in [0.05, 0.1) is 0 Å². The Morgan fingerprint density at radius 3 is 2.60 bits per heavy atom. The zero-order valence-electron chi connectivity index (χ0n) is 6.96. The largest absolute Gasteiger partial charge is 0.440 e. The molecule has 0 aliphatic carbocycles. The van der Waals surface area contributed by atoms with Gasteiger partial charge in [0.25, 0.3) is 5.66 Å². The van der Waals surface area contributed by atoms with Crippen LogP contribution in [-0.2, 0) is 0 Å². The lowest BCUT2D eigenvalue weighted by Gasteiger charge is -2.27. The Morgan fingerprint density at radius 2 is 2.00 bits per heavy atom. The molecule has 0 bridgehead atoms. The zero-order valence-corrected chi connectivity index (χ0v) is 6.96. The molecule has 2 N–H and O–H groups in total. The number of halogens is 4. The smallest absolute Gasteiger partial charge is 0.382 e. The van der Waals surface area contributed by atoms with Gasteiger partial charge in [-0.15, -0.1) is 0 Å². The van der Waals surface area contributed by atoms with Gasteiger partial charge in [-0.3, -0.25) is 0 Å². The summed E-state index contributed by atoms with van der Waals surface area (Å²) in [5, 5.41) is 0. The lowest BCUT2D eigenvalue weighted by Crippen LogP contribution is -2.54. The quantitative estimate of drug-likeness (QED) is 0.467. The Kier molecular flexibility index (Phi) is 1.70. The van der Waals surface area contributed by atoms with E-state index in [-0.39, 0.29) is 0 Å². The topological polar surface area (TPSA) is 75.5 Å². The first-order valence-corrected chi connectivity index (χ1v) is 3.65. The van der Waals surface area contributed by atoms with Crippen molar-refractivity contribution in [1.29, 1.82) is 0 Å². The Labute approximate surface area is 80.1 Å². The molecule has 80 valence electrons. The molecule has 2 aliphatic heterocycles. The maximum Gasteiger partial charge on any atom is 0.440 e. The molecule has 0 amide bonds. The Balaban J connectivity index is 2.62. The van der Waals surface area contributed by atoms with Crippen LogP contribution < -0.4 is 5.73 Å². The fraction of sp³-hybridized carbons (Fsp3) is 0.333. The maximum atomic E-state index is 12.7. The van der Waals surface area contributed by atoms with Crippen LogP contribution in [0.3, 0.4) is 0 Å². The first-order chi connectivity index (χ1) is 6.87. The summed E-state index contributed by atoms with van der Waals surface area (Å²) in [5.41, 5.74) is 1.36. The number of hydrogen-bond donors (Lipinski definition) is 1. The number of nitrogens with two attached hydrogens (primary N) is 1. The molecule has 0 aromatic carbocycles. The summed E-state index contributed by atoms with van der Waals surface area (Å²) in [4.78, 5) is 12.0. The van der Waals surface area contributed by atoms with Crippen molar-refractivity contribution in [2.24, 2.45) is 25.7 Å². The van der Waals surface area contributed by atoms with E-state index in [1.165, 1.54) is 0 Å². The van der Waals surface area contributed by atoms with Crippen molar-refractivity contribution < 1.29 is 17.6 Å². The van der Waals surface area contributed by atoms with Gasteiger partial charge in [0.1, 0.15) is 12.1 Å². The van der Waals surface area contributed by atoms with Gasteiger partial charge < -0.3 is 5.73 Å². The molecule has 2 rings (SSSR count). The van der Waals surface area contributed by atoms with Gasteiger partial charge in [-0.1, -0.05) is 0 Å². The summed E-state index contributed by atoms with van der Waals surface area (Å²) >= 11 is 0. The highest BCUT2D eigenvalue weighted by Crippen LogP contribution is 2.39. The third kappa shape index (κ3) is 1.15. The number of alkyl halides is 3. The van der Waals surface area contributed by atoms with Crippen LogP contribution in [-0.4, -0.2) is 35.8 Å². The molecular formula is C6H3F4N5. The zero-order chi connectivity index (χ0) is 11.3. The molecule has 0 saturated carbocycles. The van der Waals surface area contributed by atoms with E-state index in [9.17, 15) is 17.6 Å². The second-order valence-electron chi connectivity index (χ2n) is 2.77. The Morgan fingerprint density at radius 1 is 1.33 bits per heavy atom. The lowest BCUT2D eigenvalue weighted by atomic mass is 10.0. The van der Waals surface area contributed by atoms with Crippen molar-refractivity contribution in [3.63, 3.8) is 0 Å². The predicted molar refractivity (Wildman–Crippen MR) is 44.9 cm³/mol. The van der Waals surface area contributed by atoms with Crippen molar-refractivity contribution in [2.45, 2.75) is 11.8 Å². The fourth-order valence-electron chi connectivity index (χ4n) is 1.23. The van der Waals surface area contributed by atoms with E-state index in [1.54, 1.807) is 0 Å². The van der Waals surface area contributed by atoms with Crippen LogP contribution in [0.25, 0.3) is 0 Å². The highest BCUT2D eigenvalue weighted by molar-refractivity contribution is 6.48. The van der Waals surface area contributed by atoms with E-state index < -0.39 is 29.5 Å². The first kappa shape index (κ1) is 9.74. The summed E-state index contributed by atoms with van der Waals surface area (Å²) in [6.45, 7) is 0. The van der Waals surface area contributed by atoms with Gasteiger partial charge >= 0.3 is 12.3 Å². The maximum absolute atomic E-state index is 12.7. The molecule has 9 heteroatoms. The number of hydrogen-bond acceptors (Lipinski definition) is 5. The normalized spacial score (nSPS) is 29.5. The van der Waals surface area contributed by atoms with Crippen LogP contribution in [0.15, 0.2) is 20.0 Å². The molecular weight excluding hydrogens is 218 g/mol. The number of amidine groups is 2. The van der Waals surface area contributed by atoms with Gasteiger partial charge in [-0.25, -0.2) is 9.98 Å². The molecule has 0 saturated heterocycles. The van der Waals surface area contributed by atoms with E-state index >= 15 is 0 Å². The third-order valence-electron chi connectivity index (χ3n) is 1.87. The molecule has 1 atom stereocenters. The summed E-state index contributed by atoms with van der Waals surface area (Å²) in [5.74, 6) is -0.669. The summed E-state index contributed by atoms with van der Waals surface area (Å²) in [6, 6.07) is 0. The molecule has 1 unspecified atom stereocenters. The van der Waals surface area contributed by atoms with Crippen molar-refractivity contribution in [3.05, 3.63) is 0 Å².